The first-order valence-electron chi connectivity index (χ1n) is 8.47. The summed E-state index contributed by atoms with van der Waals surface area (Å²) in [6, 6.07) is 7.78. The van der Waals surface area contributed by atoms with E-state index >= 15 is 0 Å². The number of hydrogen-bond donors (Lipinski definition) is 1. The Kier molecular flexibility index (Phi) is 6.67. The van der Waals surface area contributed by atoms with Crippen LogP contribution in [0, 0.1) is 17.3 Å². The lowest BCUT2D eigenvalue weighted by molar-refractivity contribution is -0.121. The molecule has 134 valence electrons. The van der Waals surface area contributed by atoms with Crippen LogP contribution in [0.5, 0.6) is 0 Å². The first-order chi connectivity index (χ1) is 11.9. The molecule has 0 saturated heterocycles. The molecule has 1 saturated carbocycles. The summed E-state index contributed by atoms with van der Waals surface area (Å²) in [5, 5.41) is 1.19. The fourth-order valence-corrected chi connectivity index (χ4v) is 4.45. The van der Waals surface area contributed by atoms with Gasteiger partial charge in [0.05, 0.1) is 0 Å². The minimum Gasteiger partial charge on any atom is -0.330 e. The lowest BCUT2D eigenvalue weighted by atomic mass is 9.56. The van der Waals surface area contributed by atoms with Crippen molar-refractivity contribution in [2.24, 2.45) is 23.0 Å². The molecule has 2 N–H and O–H groups in total. The molecule has 2 nitrogen and oxygen atoms in total. The zero-order valence-electron chi connectivity index (χ0n) is 14.6. The number of carbonyl (C=O) groups excluding carboxylic acids is 1. The number of hydrogen-bond acceptors (Lipinski definition) is 2. The summed E-state index contributed by atoms with van der Waals surface area (Å²) in [5.74, 6) is 0.202. The molecule has 0 radical (unpaired) electrons. The van der Waals surface area contributed by atoms with Crippen molar-refractivity contribution in [3.8, 4) is 0 Å². The van der Waals surface area contributed by atoms with Crippen LogP contribution in [-0.2, 0) is 4.79 Å². The third-order valence-electron chi connectivity index (χ3n) is 5.50. The second-order valence-corrected chi connectivity index (χ2v) is 7.84. The molecule has 25 heavy (non-hydrogen) atoms. The Morgan fingerprint density at radius 1 is 1.40 bits per heavy atom. The van der Waals surface area contributed by atoms with Crippen molar-refractivity contribution in [2.45, 2.75) is 25.7 Å². The molecule has 0 heterocycles. The molecule has 0 spiro atoms. The normalized spacial score (nSPS) is 29.9. The summed E-state index contributed by atoms with van der Waals surface area (Å²) in [5.41, 5.74) is 7.77. The molecule has 1 fully saturated rings. The van der Waals surface area contributed by atoms with Gasteiger partial charge in [0.15, 0.2) is 0 Å². The Morgan fingerprint density at radius 2 is 2.04 bits per heavy atom. The molecular weight excluding hydrogens is 353 g/mol. The van der Waals surface area contributed by atoms with Gasteiger partial charge in [0.1, 0.15) is 6.29 Å². The number of rotatable bonds is 6. The van der Waals surface area contributed by atoms with Crippen LogP contribution in [-0.4, -0.2) is 12.8 Å². The Morgan fingerprint density at radius 3 is 2.52 bits per heavy atom. The molecule has 0 bridgehead atoms. The van der Waals surface area contributed by atoms with E-state index in [0.717, 1.165) is 30.3 Å². The van der Waals surface area contributed by atoms with E-state index < -0.39 is 5.41 Å². The highest BCUT2D eigenvalue weighted by atomic mass is 35.5. The minimum absolute atomic E-state index is 0.00848. The van der Waals surface area contributed by atoms with Crippen molar-refractivity contribution >= 4 is 29.5 Å². The van der Waals surface area contributed by atoms with Crippen LogP contribution in [0.1, 0.15) is 31.2 Å². The van der Waals surface area contributed by atoms with Gasteiger partial charge in [-0.25, -0.2) is 0 Å². The highest BCUT2D eigenvalue weighted by Crippen LogP contribution is 2.53. The number of allylic oxidation sites excluding steroid dienone is 4. The molecule has 4 unspecified atom stereocenters. The minimum atomic E-state index is -0.456. The number of benzene rings is 1. The predicted octanol–water partition coefficient (Wildman–Crippen LogP) is 5.48. The third kappa shape index (κ3) is 4.08. The second kappa shape index (κ2) is 8.35. The van der Waals surface area contributed by atoms with E-state index in [1.807, 2.05) is 37.3 Å². The Balaban J connectivity index is 2.59. The van der Waals surface area contributed by atoms with Gasteiger partial charge in [-0.3, -0.25) is 0 Å². The molecular formula is C21H25Cl2NO. The predicted molar refractivity (Wildman–Crippen MR) is 107 cm³/mol. The van der Waals surface area contributed by atoms with Gasteiger partial charge in [0, 0.05) is 15.5 Å². The first-order valence-corrected chi connectivity index (χ1v) is 9.22. The molecule has 0 amide bonds. The average molecular weight is 378 g/mol. The van der Waals surface area contributed by atoms with Crippen molar-refractivity contribution in [3.05, 3.63) is 70.8 Å². The summed E-state index contributed by atoms with van der Waals surface area (Å²) in [4.78, 5) is 11.9. The van der Waals surface area contributed by atoms with Crippen LogP contribution >= 0.6 is 23.2 Å². The molecule has 0 aromatic heterocycles. The SMILES string of the molecule is C=C/C=C(\C(=C)Cl)C1CCC(C)(C=O)C(CN)C1c1ccc(Cl)cc1. The van der Waals surface area contributed by atoms with E-state index in [1.54, 1.807) is 6.08 Å². The molecule has 4 heteroatoms. The van der Waals surface area contributed by atoms with E-state index in [2.05, 4.69) is 13.2 Å². The number of nitrogens with two attached hydrogens (primary N) is 1. The van der Waals surface area contributed by atoms with Gasteiger partial charge in [0.2, 0.25) is 0 Å². The van der Waals surface area contributed by atoms with Crippen LogP contribution in [0.3, 0.4) is 0 Å². The Labute approximate surface area is 160 Å². The highest BCUT2D eigenvalue weighted by molar-refractivity contribution is 6.31. The van der Waals surface area contributed by atoms with Crippen LogP contribution in [0.15, 0.2) is 60.2 Å². The topological polar surface area (TPSA) is 43.1 Å². The maximum atomic E-state index is 11.9. The Hall–Kier alpha value is -1.35. The van der Waals surface area contributed by atoms with E-state index in [0.29, 0.717) is 16.6 Å². The van der Waals surface area contributed by atoms with Crippen LogP contribution in [0.2, 0.25) is 5.02 Å². The quantitative estimate of drug-likeness (QED) is 0.526. The van der Waals surface area contributed by atoms with Crippen LogP contribution in [0.25, 0.3) is 0 Å². The molecule has 1 aromatic rings. The van der Waals surface area contributed by atoms with Gasteiger partial charge in [-0.2, -0.15) is 0 Å². The lowest BCUT2D eigenvalue weighted by Gasteiger charge is -2.47. The maximum absolute atomic E-state index is 11.9. The van der Waals surface area contributed by atoms with Crippen LogP contribution < -0.4 is 5.73 Å². The lowest BCUT2D eigenvalue weighted by Crippen LogP contribution is -2.45. The van der Waals surface area contributed by atoms with E-state index in [-0.39, 0.29) is 17.8 Å². The summed E-state index contributed by atoms with van der Waals surface area (Å²) in [7, 11) is 0. The van der Waals surface area contributed by atoms with Crippen molar-refractivity contribution in [3.63, 3.8) is 0 Å². The summed E-state index contributed by atoms with van der Waals surface area (Å²) < 4.78 is 0. The monoisotopic (exact) mass is 377 g/mol. The molecule has 4 atom stereocenters. The van der Waals surface area contributed by atoms with Gasteiger partial charge in [0.25, 0.3) is 0 Å². The van der Waals surface area contributed by atoms with Crippen molar-refractivity contribution < 1.29 is 4.79 Å². The van der Waals surface area contributed by atoms with Gasteiger partial charge >= 0.3 is 0 Å². The van der Waals surface area contributed by atoms with Gasteiger partial charge in [-0.1, -0.05) is 67.6 Å². The third-order valence-corrected chi connectivity index (χ3v) is 5.97. The number of carbonyl (C=O) groups is 1. The van der Waals surface area contributed by atoms with Gasteiger partial charge in [-0.15, -0.1) is 0 Å². The zero-order valence-corrected chi connectivity index (χ0v) is 16.1. The van der Waals surface area contributed by atoms with E-state index in [4.69, 9.17) is 28.9 Å². The summed E-state index contributed by atoms with van der Waals surface area (Å²) >= 11 is 12.4. The maximum Gasteiger partial charge on any atom is 0.126 e. The number of halogens is 2. The van der Waals surface area contributed by atoms with Crippen molar-refractivity contribution in [1.82, 2.24) is 0 Å². The Bertz CT molecular complexity index is 680. The fraction of sp³-hybridized carbons (Fsp3) is 0.381. The van der Waals surface area contributed by atoms with Crippen LogP contribution in [0.4, 0.5) is 0 Å². The largest absolute Gasteiger partial charge is 0.330 e. The fourth-order valence-electron chi connectivity index (χ4n) is 4.12. The van der Waals surface area contributed by atoms with Crippen molar-refractivity contribution in [1.29, 1.82) is 0 Å². The smallest absolute Gasteiger partial charge is 0.126 e. The van der Waals surface area contributed by atoms with E-state index in [9.17, 15) is 4.79 Å². The molecule has 1 aliphatic rings. The average Bonchev–Trinajstić information content (AvgIpc) is 2.60. The highest BCUT2D eigenvalue weighted by Gasteiger charge is 2.47. The first kappa shape index (κ1) is 20.0. The van der Waals surface area contributed by atoms with Gasteiger partial charge < -0.3 is 10.5 Å². The standard InChI is InChI=1S/C21H25Cl2NO/c1-4-5-17(14(2)22)18-10-11-21(3,13-25)19(12-24)20(18)15-6-8-16(23)9-7-15/h4-9,13,18-20H,1-2,10-12,24H2,3H3/b17-5+. The second-order valence-electron chi connectivity index (χ2n) is 6.95. The molecule has 2 rings (SSSR count). The van der Waals surface area contributed by atoms with E-state index in [1.165, 1.54) is 0 Å². The molecule has 1 aliphatic carbocycles. The zero-order chi connectivity index (χ0) is 18.6. The summed E-state index contributed by atoms with van der Waals surface area (Å²) in [6.45, 7) is 10.2. The van der Waals surface area contributed by atoms with Gasteiger partial charge in [-0.05, 0) is 60.4 Å². The molecule has 0 aliphatic heterocycles. The number of aldehydes is 1. The van der Waals surface area contributed by atoms with Crippen molar-refractivity contribution in [2.75, 3.05) is 6.54 Å². The molecule has 1 aromatic carbocycles. The summed E-state index contributed by atoms with van der Waals surface area (Å²) in [6.07, 6.45) is 6.32.